The monoisotopic (exact) mass is 370 g/mol. The number of imidazole rings is 1. The second-order valence-corrected chi connectivity index (χ2v) is 7.59. The van der Waals surface area contributed by atoms with Crippen molar-refractivity contribution in [2.75, 3.05) is 13.2 Å². The fourth-order valence-electron chi connectivity index (χ4n) is 3.23. The maximum Gasteiger partial charge on any atom is 0.128 e. The van der Waals surface area contributed by atoms with Gasteiger partial charge in [-0.1, -0.05) is 29.8 Å². The van der Waals surface area contributed by atoms with E-state index in [4.69, 9.17) is 21.3 Å². The number of halogens is 1. The maximum absolute atomic E-state index is 6.08. The van der Waals surface area contributed by atoms with Gasteiger partial charge in [0.05, 0.1) is 16.6 Å². The quantitative estimate of drug-likeness (QED) is 0.655. The van der Waals surface area contributed by atoms with Crippen molar-refractivity contribution in [3.63, 3.8) is 0 Å². The number of fused-ring (bicyclic) bond motifs is 2. The van der Waals surface area contributed by atoms with Crippen molar-refractivity contribution in [1.29, 1.82) is 0 Å². The van der Waals surface area contributed by atoms with Gasteiger partial charge in [-0.05, 0) is 32.0 Å². The average molecular weight is 371 g/mol. The third-order valence-electron chi connectivity index (χ3n) is 4.78. The van der Waals surface area contributed by atoms with E-state index in [0.717, 1.165) is 35.7 Å². The summed E-state index contributed by atoms with van der Waals surface area (Å²) in [7, 11) is 0. The van der Waals surface area contributed by atoms with Gasteiger partial charge in [0.2, 0.25) is 0 Å². The topological polar surface area (TPSA) is 62.0 Å². The van der Waals surface area contributed by atoms with Gasteiger partial charge in [0, 0.05) is 35.8 Å². The van der Waals surface area contributed by atoms with Gasteiger partial charge in [-0.25, -0.2) is 4.98 Å². The standard InChI is InChI=1S/C20H23ClN4O/c1-20(2,19-24-16-7-6-15(21)10-17(16)25-19)23-12-14-5-3-4-13-11-22-8-9-26-18(13)14/h3-7,10,22-23H,8-9,11-12H2,1-2H3,(H,24,25). The Morgan fingerprint density at radius 2 is 2.15 bits per heavy atom. The summed E-state index contributed by atoms with van der Waals surface area (Å²) in [6, 6.07) is 12.0. The van der Waals surface area contributed by atoms with Crippen LogP contribution in [-0.4, -0.2) is 23.1 Å². The highest BCUT2D eigenvalue weighted by Crippen LogP contribution is 2.28. The van der Waals surface area contributed by atoms with Crippen molar-refractivity contribution in [2.45, 2.75) is 32.5 Å². The van der Waals surface area contributed by atoms with E-state index in [9.17, 15) is 0 Å². The van der Waals surface area contributed by atoms with Crippen LogP contribution in [0.25, 0.3) is 11.0 Å². The van der Waals surface area contributed by atoms with Crippen LogP contribution in [0.3, 0.4) is 0 Å². The second-order valence-electron chi connectivity index (χ2n) is 7.16. The Bertz CT molecular complexity index is 935. The highest BCUT2D eigenvalue weighted by molar-refractivity contribution is 6.31. The number of nitrogens with one attached hydrogen (secondary N) is 3. The van der Waals surface area contributed by atoms with Crippen molar-refractivity contribution in [3.8, 4) is 5.75 Å². The lowest BCUT2D eigenvalue weighted by atomic mass is 10.0. The lowest BCUT2D eigenvalue weighted by Gasteiger charge is -2.25. The number of hydrogen-bond acceptors (Lipinski definition) is 4. The Hall–Kier alpha value is -2.08. The largest absolute Gasteiger partial charge is 0.492 e. The van der Waals surface area contributed by atoms with Gasteiger partial charge >= 0.3 is 0 Å². The van der Waals surface area contributed by atoms with Gasteiger partial charge in [-0.2, -0.15) is 0 Å². The maximum atomic E-state index is 6.08. The molecule has 0 saturated heterocycles. The van der Waals surface area contributed by atoms with Crippen LogP contribution in [0.15, 0.2) is 36.4 Å². The summed E-state index contributed by atoms with van der Waals surface area (Å²) in [6.45, 7) is 7.35. The molecule has 26 heavy (non-hydrogen) atoms. The molecule has 3 aromatic rings. The smallest absolute Gasteiger partial charge is 0.128 e. The van der Waals surface area contributed by atoms with Gasteiger partial charge in [-0.3, -0.25) is 0 Å². The summed E-state index contributed by atoms with van der Waals surface area (Å²) in [5.74, 6) is 1.89. The molecular formula is C20H23ClN4O. The van der Waals surface area contributed by atoms with Gasteiger partial charge in [0.1, 0.15) is 18.2 Å². The van der Waals surface area contributed by atoms with Gasteiger partial charge in [0.15, 0.2) is 0 Å². The number of ether oxygens (including phenoxy) is 1. The number of aromatic nitrogens is 2. The van der Waals surface area contributed by atoms with E-state index in [-0.39, 0.29) is 5.54 Å². The zero-order chi connectivity index (χ0) is 18.1. The molecule has 0 unspecified atom stereocenters. The summed E-state index contributed by atoms with van der Waals surface area (Å²) in [6.07, 6.45) is 0. The summed E-state index contributed by atoms with van der Waals surface area (Å²) in [5.41, 5.74) is 3.92. The van der Waals surface area contributed by atoms with Crippen LogP contribution in [0.1, 0.15) is 30.8 Å². The van der Waals surface area contributed by atoms with E-state index in [2.05, 4.69) is 47.7 Å². The number of H-pyrrole nitrogens is 1. The van der Waals surface area contributed by atoms with Crippen LogP contribution in [-0.2, 0) is 18.6 Å². The molecule has 0 bridgehead atoms. The lowest BCUT2D eigenvalue weighted by Crippen LogP contribution is -2.37. The molecule has 0 fully saturated rings. The normalized spacial score (nSPS) is 14.7. The third kappa shape index (κ3) is 3.43. The van der Waals surface area contributed by atoms with Gasteiger partial charge < -0.3 is 20.4 Å². The zero-order valence-corrected chi connectivity index (χ0v) is 15.8. The predicted octanol–water partition coefficient (Wildman–Crippen LogP) is 3.72. The van der Waals surface area contributed by atoms with Crippen molar-refractivity contribution >= 4 is 22.6 Å². The molecule has 3 N–H and O–H groups in total. The first-order valence-corrected chi connectivity index (χ1v) is 9.26. The molecule has 0 aliphatic carbocycles. The molecule has 1 aliphatic rings. The first kappa shape index (κ1) is 17.3. The summed E-state index contributed by atoms with van der Waals surface area (Å²) < 4.78 is 5.97. The van der Waals surface area contributed by atoms with Crippen LogP contribution in [0, 0.1) is 0 Å². The van der Waals surface area contributed by atoms with Crippen LogP contribution >= 0.6 is 11.6 Å². The second kappa shape index (κ2) is 6.91. The Kier molecular flexibility index (Phi) is 4.61. The average Bonchev–Trinajstić information content (AvgIpc) is 2.90. The fourth-order valence-corrected chi connectivity index (χ4v) is 3.40. The van der Waals surface area contributed by atoms with Crippen molar-refractivity contribution in [2.24, 2.45) is 0 Å². The van der Waals surface area contributed by atoms with E-state index < -0.39 is 0 Å². The lowest BCUT2D eigenvalue weighted by molar-refractivity contribution is 0.317. The third-order valence-corrected chi connectivity index (χ3v) is 5.01. The molecule has 1 aromatic heterocycles. The number of para-hydroxylation sites is 1. The Morgan fingerprint density at radius 1 is 1.27 bits per heavy atom. The zero-order valence-electron chi connectivity index (χ0n) is 15.0. The Balaban J connectivity index is 1.56. The molecule has 0 amide bonds. The molecule has 4 rings (SSSR count). The Morgan fingerprint density at radius 3 is 3.04 bits per heavy atom. The minimum atomic E-state index is -0.322. The molecule has 1 aliphatic heterocycles. The van der Waals surface area contributed by atoms with Crippen LogP contribution in [0.5, 0.6) is 5.75 Å². The highest BCUT2D eigenvalue weighted by Gasteiger charge is 2.25. The van der Waals surface area contributed by atoms with Crippen molar-refractivity contribution < 1.29 is 4.74 Å². The van der Waals surface area contributed by atoms with Crippen molar-refractivity contribution in [3.05, 3.63) is 58.4 Å². The van der Waals surface area contributed by atoms with Gasteiger partial charge in [-0.15, -0.1) is 0 Å². The molecule has 0 atom stereocenters. The van der Waals surface area contributed by atoms with Crippen molar-refractivity contribution in [1.82, 2.24) is 20.6 Å². The van der Waals surface area contributed by atoms with Gasteiger partial charge in [0.25, 0.3) is 0 Å². The van der Waals surface area contributed by atoms with E-state index in [1.165, 1.54) is 11.1 Å². The van der Waals surface area contributed by atoms with E-state index >= 15 is 0 Å². The number of rotatable bonds is 4. The van der Waals surface area contributed by atoms with Crippen LogP contribution < -0.4 is 15.4 Å². The number of benzene rings is 2. The minimum absolute atomic E-state index is 0.322. The van der Waals surface area contributed by atoms with E-state index in [0.29, 0.717) is 18.2 Å². The molecule has 2 heterocycles. The molecule has 2 aromatic carbocycles. The molecular weight excluding hydrogens is 348 g/mol. The molecule has 0 spiro atoms. The van der Waals surface area contributed by atoms with Crippen LogP contribution in [0.2, 0.25) is 5.02 Å². The minimum Gasteiger partial charge on any atom is -0.492 e. The first-order chi connectivity index (χ1) is 12.5. The summed E-state index contributed by atoms with van der Waals surface area (Å²) in [4.78, 5) is 8.11. The first-order valence-electron chi connectivity index (χ1n) is 8.88. The molecule has 136 valence electrons. The summed E-state index contributed by atoms with van der Waals surface area (Å²) >= 11 is 6.08. The van der Waals surface area contributed by atoms with E-state index in [1.807, 2.05) is 18.2 Å². The molecule has 0 saturated carbocycles. The molecule has 6 heteroatoms. The highest BCUT2D eigenvalue weighted by atomic mass is 35.5. The summed E-state index contributed by atoms with van der Waals surface area (Å²) in [5, 5.41) is 7.69. The molecule has 0 radical (unpaired) electrons. The van der Waals surface area contributed by atoms with E-state index in [1.54, 1.807) is 0 Å². The number of hydrogen-bond donors (Lipinski definition) is 3. The number of nitrogens with zero attached hydrogens (tertiary/aromatic N) is 1. The van der Waals surface area contributed by atoms with Crippen LogP contribution in [0.4, 0.5) is 0 Å². The number of aromatic amines is 1. The SMILES string of the molecule is CC(C)(NCc1cccc2c1OCCNC2)c1nc2ccc(Cl)cc2[nH]1. The Labute approximate surface area is 158 Å². The predicted molar refractivity (Wildman–Crippen MR) is 105 cm³/mol. The fraction of sp³-hybridized carbons (Fsp3) is 0.350. The molecule has 5 nitrogen and oxygen atoms in total.